The van der Waals surface area contributed by atoms with Crippen molar-refractivity contribution >= 4 is 21.7 Å². The van der Waals surface area contributed by atoms with E-state index in [0.717, 1.165) is 83.4 Å². The Morgan fingerprint density at radius 1 is 0.328 bits per heavy atom. The molecule has 0 saturated heterocycles. The average Bonchev–Trinajstić information content (AvgIpc) is 3.67. The Labute approximate surface area is 370 Å². The van der Waals surface area contributed by atoms with Gasteiger partial charge in [0.05, 0.1) is 16.6 Å². The van der Waals surface area contributed by atoms with Crippen molar-refractivity contribution in [1.82, 2.24) is 19.9 Å². The van der Waals surface area contributed by atoms with Crippen LogP contribution in [0, 0.1) is 0 Å². The molecule has 0 bridgehead atoms. The predicted molar refractivity (Wildman–Crippen MR) is 257 cm³/mol. The molecule has 1 spiro atoms. The average molecular weight is 817 g/mol. The summed E-state index contributed by atoms with van der Waals surface area (Å²) in [4.78, 5) is 21.0. The van der Waals surface area contributed by atoms with Crippen LogP contribution in [0.3, 0.4) is 0 Å². The maximum atomic E-state index is 6.66. The second kappa shape index (κ2) is 14.3. The summed E-state index contributed by atoms with van der Waals surface area (Å²) in [6.07, 6.45) is 0. The van der Waals surface area contributed by atoms with Gasteiger partial charge in [-0.25, -0.2) is 19.9 Å². The largest absolute Gasteiger partial charge is 0.457 e. The molecule has 1 aliphatic heterocycles. The van der Waals surface area contributed by atoms with E-state index in [-0.39, 0.29) is 0 Å². The number of pyridine rings is 1. The number of fused-ring (bicyclic) bond motifs is 13. The van der Waals surface area contributed by atoms with Crippen molar-refractivity contribution in [3.8, 4) is 79.2 Å². The Kier molecular flexibility index (Phi) is 8.06. The van der Waals surface area contributed by atoms with Crippen LogP contribution >= 0.6 is 0 Å². The number of hydrogen-bond donors (Lipinski definition) is 0. The topological polar surface area (TPSA) is 60.8 Å². The highest BCUT2D eigenvalue weighted by Gasteiger charge is 2.51. The molecule has 0 atom stereocenters. The van der Waals surface area contributed by atoms with E-state index < -0.39 is 5.41 Å². The lowest BCUT2D eigenvalue weighted by Gasteiger charge is -2.39. The van der Waals surface area contributed by atoms with Crippen LogP contribution in [-0.2, 0) is 5.41 Å². The lowest BCUT2D eigenvalue weighted by atomic mass is 9.66. The van der Waals surface area contributed by atoms with E-state index in [1.54, 1.807) is 0 Å². The molecule has 5 heteroatoms. The number of rotatable bonds is 5. The molecule has 9 aromatic carbocycles. The van der Waals surface area contributed by atoms with Crippen molar-refractivity contribution in [2.75, 3.05) is 0 Å². The summed E-state index contributed by atoms with van der Waals surface area (Å²) in [5.74, 6) is 3.54. The minimum absolute atomic E-state index is 0.581. The van der Waals surface area contributed by atoms with Gasteiger partial charge >= 0.3 is 0 Å². The molecule has 0 N–H and O–H groups in total. The third-order valence-electron chi connectivity index (χ3n) is 13.0. The fraction of sp³-hybridized carbons (Fsp3) is 0.0169. The quantitative estimate of drug-likeness (QED) is 0.162. The number of aromatic nitrogens is 4. The molecule has 11 aromatic rings. The first-order valence-corrected chi connectivity index (χ1v) is 21.6. The van der Waals surface area contributed by atoms with E-state index in [2.05, 4.69) is 182 Å². The summed E-state index contributed by atoms with van der Waals surface area (Å²) in [7, 11) is 0. The molecule has 13 rings (SSSR count). The van der Waals surface area contributed by atoms with E-state index in [1.165, 1.54) is 22.3 Å². The van der Waals surface area contributed by atoms with Crippen LogP contribution in [0.15, 0.2) is 218 Å². The van der Waals surface area contributed by atoms with E-state index in [4.69, 9.17) is 24.7 Å². The van der Waals surface area contributed by atoms with Crippen LogP contribution in [-0.4, -0.2) is 19.9 Å². The van der Waals surface area contributed by atoms with Gasteiger partial charge in [-0.1, -0.05) is 194 Å². The molecule has 3 heterocycles. The Hall–Kier alpha value is -8.54. The molecule has 0 fully saturated rings. The SMILES string of the molecule is c1ccc(-c2cccc(-c3nc(-c4ccccc4)nc(-c4ccc5c(c4)nc(-c4ccccc4)c4ccc6c(c45)-c4ccccc4C64c5ccccc5Oc5ccccc54)n3)c2)cc1. The summed E-state index contributed by atoms with van der Waals surface area (Å²) in [6, 6.07) is 76.6. The molecule has 1 aliphatic carbocycles. The fourth-order valence-corrected chi connectivity index (χ4v) is 10.2. The molecule has 298 valence electrons. The zero-order chi connectivity index (χ0) is 42.2. The first-order valence-electron chi connectivity index (χ1n) is 21.6. The van der Waals surface area contributed by atoms with Gasteiger partial charge in [-0.2, -0.15) is 0 Å². The van der Waals surface area contributed by atoms with Gasteiger partial charge in [0.2, 0.25) is 0 Å². The Balaban J connectivity index is 1.08. The van der Waals surface area contributed by atoms with Crippen LogP contribution < -0.4 is 4.74 Å². The molecule has 2 aliphatic rings. The summed E-state index contributed by atoms with van der Waals surface area (Å²) in [6.45, 7) is 0. The minimum atomic E-state index is -0.596. The number of ether oxygens (including phenoxy) is 1. The highest BCUT2D eigenvalue weighted by molar-refractivity contribution is 6.20. The number of benzene rings is 9. The van der Waals surface area contributed by atoms with Crippen LogP contribution in [0.5, 0.6) is 11.5 Å². The third-order valence-corrected chi connectivity index (χ3v) is 13.0. The monoisotopic (exact) mass is 816 g/mol. The fourth-order valence-electron chi connectivity index (χ4n) is 10.2. The maximum absolute atomic E-state index is 6.66. The smallest absolute Gasteiger partial charge is 0.164 e. The standard InChI is InChI=1S/C59H36N4O/c1-4-17-37(18-5-1)40-23-16-24-41(35-40)57-61-56(39-21-8-3-9-22-39)62-58(63-57)42-31-32-44-50(36-42)60-55(38-19-6-2-7-20-38)45-33-34-49-54(53(44)45)43-25-10-11-26-46(43)59(49)47-27-12-14-29-51(47)64-52-30-15-13-28-48(52)59/h1-36H. The number of para-hydroxylation sites is 2. The summed E-state index contributed by atoms with van der Waals surface area (Å²) in [5, 5.41) is 3.32. The lowest BCUT2D eigenvalue weighted by Crippen LogP contribution is -2.32. The first-order chi connectivity index (χ1) is 31.7. The van der Waals surface area contributed by atoms with Gasteiger partial charge in [-0.05, 0) is 57.6 Å². The van der Waals surface area contributed by atoms with Crippen LogP contribution in [0.2, 0.25) is 0 Å². The molecule has 0 amide bonds. The van der Waals surface area contributed by atoms with E-state index in [1.807, 2.05) is 36.4 Å². The van der Waals surface area contributed by atoms with Crippen LogP contribution in [0.4, 0.5) is 0 Å². The molecular formula is C59H36N4O. The normalized spacial score (nSPS) is 12.9. The van der Waals surface area contributed by atoms with Gasteiger partial charge in [0.15, 0.2) is 17.5 Å². The molecule has 2 aromatic heterocycles. The second-order valence-corrected chi connectivity index (χ2v) is 16.5. The van der Waals surface area contributed by atoms with E-state index in [9.17, 15) is 0 Å². The summed E-state index contributed by atoms with van der Waals surface area (Å²) in [5.41, 5.74) is 14.3. The van der Waals surface area contributed by atoms with Gasteiger partial charge in [0.1, 0.15) is 11.5 Å². The highest BCUT2D eigenvalue weighted by Crippen LogP contribution is 2.63. The Bertz CT molecular complexity index is 3600. The van der Waals surface area contributed by atoms with Crippen molar-refractivity contribution in [3.63, 3.8) is 0 Å². The van der Waals surface area contributed by atoms with Crippen molar-refractivity contribution in [3.05, 3.63) is 241 Å². The minimum Gasteiger partial charge on any atom is -0.457 e. The van der Waals surface area contributed by atoms with E-state index >= 15 is 0 Å². The van der Waals surface area contributed by atoms with Crippen molar-refractivity contribution < 1.29 is 4.74 Å². The van der Waals surface area contributed by atoms with Gasteiger partial charge in [0, 0.05) is 49.5 Å². The summed E-state index contributed by atoms with van der Waals surface area (Å²) >= 11 is 0. The number of hydrogen-bond acceptors (Lipinski definition) is 5. The van der Waals surface area contributed by atoms with Crippen molar-refractivity contribution in [2.24, 2.45) is 0 Å². The molecular weight excluding hydrogens is 781 g/mol. The lowest BCUT2D eigenvalue weighted by molar-refractivity contribution is 0.436. The predicted octanol–water partition coefficient (Wildman–Crippen LogP) is 14.4. The van der Waals surface area contributed by atoms with Gasteiger partial charge in [0.25, 0.3) is 0 Å². The zero-order valence-corrected chi connectivity index (χ0v) is 34.5. The van der Waals surface area contributed by atoms with Gasteiger partial charge in [-0.3, -0.25) is 0 Å². The van der Waals surface area contributed by atoms with Crippen molar-refractivity contribution in [2.45, 2.75) is 5.41 Å². The highest BCUT2D eigenvalue weighted by atomic mass is 16.5. The Morgan fingerprint density at radius 2 is 0.844 bits per heavy atom. The first kappa shape index (κ1) is 36.1. The second-order valence-electron chi connectivity index (χ2n) is 16.5. The zero-order valence-electron chi connectivity index (χ0n) is 34.5. The molecule has 0 unspecified atom stereocenters. The Morgan fingerprint density at radius 3 is 1.53 bits per heavy atom. The van der Waals surface area contributed by atoms with Gasteiger partial charge < -0.3 is 4.74 Å². The van der Waals surface area contributed by atoms with Crippen molar-refractivity contribution in [1.29, 1.82) is 0 Å². The molecule has 0 saturated carbocycles. The summed E-state index contributed by atoms with van der Waals surface area (Å²) < 4.78 is 6.66. The molecule has 5 nitrogen and oxygen atoms in total. The van der Waals surface area contributed by atoms with Crippen LogP contribution in [0.25, 0.3) is 89.4 Å². The van der Waals surface area contributed by atoms with Gasteiger partial charge in [-0.15, -0.1) is 0 Å². The van der Waals surface area contributed by atoms with E-state index in [0.29, 0.717) is 17.5 Å². The molecule has 64 heavy (non-hydrogen) atoms. The van der Waals surface area contributed by atoms with Crippen LogP contribution in [0.1, 0.15) is 22.3 Å². The maximum Gasteiger partial charge on any atom is 0.164 e. The molecule has 0 radical (unpaired) electrons. The third kappa shape index (κ3) is 5.44. The number of nitrogens with zero attached hydrogens (tertiary/aromatic N) is 4.